The topological polar surface area (TPSA) is 199 Å². The number of aromatic amines is 2. The maximum Gasteiger partial charge on any atom is 0.352 e. The van der Waals surface area contributed by atoms with Gasteiger partial charge in [0, 0.05) is 41.5 Å². The highest BCUT2D eigenvalue weighted by Crippen LogP contribution is 2.38. The quantitative estimate of drug-likeness (QED) is 0.0886. The highest BCUT2D eigenvalue weighted by molar-refractivity contribution is 7.89. The van der Waals surface area contributed by atoms with E-state index in [-0.39, 0.29) is 34.7 Å². The summed E-state index contributed by atoms with van der Waals surface area (Å²) in [4.78, 5) is 30.1. The number of morpholine rings is 1. The summed E-state index contributed by atoms with van der Waals surface area (Å²) < 4.78 is 57.3. The molecule has 1 fully saturated rings. The molecule has 4 aromatic carbocycles. The number of benzene rings is 4. The number of rotatable bonds is 11. The summed E-state index contributed by atoms with van der Waals surface area (Å²) in [7, 11) is -6.87. The zero-order valence-electron chi connectivity index (χ0n) is 32.3. The van der Waals surface area contributed by atoms with Crippen LogP contribution >= 0.6 is 0 Å². The van der Waals surface area contributed by atoms with E-state index in [1.165, 1.54) is 16.4 Å². The Balaban J connectivity index is 0.000000194. The summed E-state index contributed by atoms with van der Waals surface area (Å²) in [5.41, 5.74) is 7.41. The van der Waals surface area contributed by atoms with E-state index in [0.717, 1.165) is 50.3 Å². The van der Waals surface area contributed by atoms with Gasteiger partial charge in [-0.3, -0.25) is 0 Å². The van der Waals surface area contributed by atoms with Gasteiger partial charge in [-0.25, -0.2) is 31.1 Å². The van der Waals surface area contributed by atoms with Crippen molar-refractivity contribution in [2.75, 3.05) is 32.6 Å². The van der Waals surface area contributed by atoms with Crippen molar-refractivity contribution < 1.29 is 41.4 Å². The van der Waals surface area contributed by atoms with Gasteiger partial charge < -0.3 is 24.9 Å². The largest absolute Gasteiger partial charge is 0.477 e. The first-order valence-corrected chi connectivity index (χ1v) is 21.8. The third-order valence-corrected chi connectivity index (χ3v) is 12.5. The molecule has 1 aliphatic rings. The molecule has 57 heavy (non-hydrogen) atoms. The number of ether oxygens (including phenoxy) is 1. The van der Waals surface area contributed by atoms with Crippen molar-refractivity contribution in [3.05, 3.63) is 113 Å². The average Bonchev–Trinajstić information content (AvgIpc) is 3.78. The molecule has 0 radical (unpaired) electrons. The number of hydrogen-bond donors (Lipinski definition) is 5. The Morgan fingerprint density at radius 1 is 0.702 bits per heavy atom. The van der Waals surface area contributed by atoms with Gasteiger partial charge in [0.1, 0.15) is 11.4 Å². The minimum Gasteiger partial charge on any atom is -0.477 e. The molecule has 0 unspecified atom stereocenters. The average molecular weight is 815 g/mol. The standard InChI is InChI=1S/C22H24N2O5S.C20H22N2O4S/c1-14(2)17-4-3-5-18-19(21(22(25)26)23-20(17)18)15-6-8-16(9-7-15)30(27,28)24-10-12-29-13-11-24;1-12(2)15-5-4-6-16-17(19(20(23)24)22-18(15)16)14-9-7-13(8-10-14)11-21-27(3,25)26/h3-9,14,23H,10-13H2,1-2H3,(H,25,26);4-10,12,21-22H,11H2,1-3H3,(H,23,24). The number of aromatic carboxylic acids is 2. The number of nitrogens with one attached hydrogen (secondary N) is 3. The third kappa shape index (κ3) is 8.82. The molecule has 0 aliphatic carbocycles. The Bertz CT molecular complexity index is 2660. The zero-order chi connectivity index (χ0) is 41.2. The molecule has 0 bridgehead atoms. The normalized spacial score (nSPS) is 13.9. The molecule has 2 aromatic heterocycles. The van der Waals surface area contributed by atoms with Gasteiger partial charge in [0.25, 0.3) is 0 Å². The summed E-state index contributed by atoms with van der Waals surface area (Å²) in [5.74, 6) is -1.59. The molecule has 0 amide bonds. The first-order valence-electron chi connectivity index (χ1n) is 18.5. The Hall–Kier alpha value is -5.32. The lowest BCUT2D eigenvalue weighted by Crippen LogP contribution is -2.40. The van der Waals surface area contributed by atoms with Crippen LogP contribution in [-0.4, -0.2) is 85.8 Å². The van der Waals surface area contributed by atoms with Crippen molar-refractivity contribution in [3.8, 4) is 22.3 Å². The molecular formula is C42H46N4O9S2. The van der Waals surface area contributed by atoms with E-state index in [1.54, 1.807) is 24.3 Å². The number of nitrogens with zero attached hydrogens (tertiary/aromatic N) is 1. The number of carboxylic acids is 2. The fourth-order valence-corrected chi connectivity index (χ4v) is 8.93. The van der Waals surface area contributed by atoms with Gasteiger partial charge in [0.2, 0.25) is 20.0 Å². The fourth-order valence-electron chi connectivity index (χ4n) is 7.10. The molecule has 0 atom stereocenters. The Morgan fingerprint density at radius 2 is 1.14 bits per heavy atom. The van der Waals surface area contributed by atoms with Crippen LogP contribution in [0.15, 0.2) is 89.8 Å². The van der Waals surface area contributed by atoms with Crippen LogP contribution in [-0.2, 0) is 31.3 Å². The van der Waals surface area contributed by atoms with E-state index >= 15 is 0 Å². The van der Waals surface area contributed by atoms with Crippen LogP contribution in [0.1, 0.15) is 77.2 Å². The summed E-state index contributed by atoms with van der Waals surface area (Å²) in [6, 6.07) is 25.3. The smallest absolute Gasteiger partial charge is 0.352 e. The summed E-state index contributed by atoms with van der Waals surface area (Å²) in [6.07, 6.45) is 1.11. The Morgan fingerprint density at radius 3 is 1.54 bits per heavy atom. The van der Waals surface area contributed by atoms with E-state index in [1.807, 2.05) is 48.5 Å². The second-order valence-corrected chi connectivity index (χ2v) is 18.3. The zero-order valence-corrected chi connectivity index (χ0v) is 33.9. The number of carboxylic acid groups (broad SMARTS) is 2. The van der Waals surface area contributed by atoms with Crippen LogP contribution in [0.4, 0.5) is 0 Å². The van der Waals surface area contributed by atoms with Crippen LogP contribution in [0.25, 0.3) is 44.1 Å². The van der Waals surface area contributed by atoms with E-state index in [9.17, 15) is 36.6 Å². The minimum atomic E-state index is -3.61. The van der Waals surface area contributed by atoms with Gasteiger partial charge >= 0.3 is 11.9 Å². The van der Waals surface area contributed by atoms with Gasteiger partial charge in [-0.05, 0) is 51.8 Å². The van der Waals surface area contributed by atoms with Crippen LogP contribution in [0.5, 0.6) is 0 Å². The van der Waals surface area contributed by atoms with E-state index in [2.05, 4.69) is 42.4 Å². The van der Waals surface area contributed by atoms with E-state index < -0.39 is 32.0 Å². The van der Waals surface area contributed by atoms with Crippen molar-refractivity contribution in [2.45, 2.75) is 51.0 Å². The van der Waals surface area contributed by atoms with Gasteiger partial charge in [-0.1, -0.05) is 100 Å². The number of aromatic nitrogens is 2. The predicted molar refractivity (Wildman–Crippen MR) is 221 cm³/mol. The Labute approximate surface area is 331 Å². The maximum atomic E-state index is 12.9. The summed E-state index contributed by atoms with van der Waals surface area (Å²) in [5, 5.41) is 21.1. The number of fused-ring (bicyclic) bond motifs is 2. The summed E-state index contributed by atoms with van der Waals surface area (Å²) in [6.45, 7) is 9.86. The van der Waals surface area contributed by atoms with Gasteiger partial charge in [0.15, 0.2) is 0 Å². The number of sulfonamides is 2. The predicted octanol–water partition coefficient (Wildman–Crippen LogP) is 7.38. The molecular weight excluding hydrogens is 769 g/mol. The summed E-state index contributed by atoms with van der Waals surface area (Å²) >= 11 is 0. The van der Waals surface area contributed by atoms with Gasteiger partial charge in [-0.2, -0.15) is 4.31 Å². The molecule has 7 rings (SSSR count). The number of carbonyl (C=O) groups is 2. The first-order chi connectivity index (χ1) is 27.0. The highest BCUT2D eigenvalue weighted by Gasteiger charge is 2.27. The second-order valence-electron chi connectivity index (χ2n) is 14.5. The lowest BCUT2D eigenvalue weighted by atomic mass is 9.96. The number of H-pyrrole nitrogens is 2. The van der Waals surface area contributed by atoms with E-state index in [4.69, 9.17) is 4.74 Å². The Kier molecular flexibility index (Phi) is 12.1. The fraction of sp³-hybridized carbons (Fsp3) is 0.286. The number of hydrogen-bond acceptors (Lipinski definition) is 7. The van der Waals surface area contributed by atoms with Crippen molar-refractivity contribution in [1.29, 1.82) is 0 Å². The van der Waals surface area contributed by atoms with Crippen molar-refractivity contribution in [2.24, 2.45) is 0 Å². The molecule has 0 saturated carbocycles. The monoisotopic (exact) mass is 814 g/mol. The second kappa shape index (κ2) is 16.6. The highest BCUT2D eigenvalue weighted by atomic mass is 32.2. The van der Waals surface area contributed by atoms with Crippen molar-refractivity contribution in [1.82, 2.24) is 19.0 Å². The van der Waals surface area contributed by atoms with Crippen LogP contribution in [0, 0.1) is 0 Å². The van der Waals surface area contributed by atoms with Crippen molar-refractivity contribution >= 4 is 53.8 Å². The maximum absolute atomic E-state index is 12.9. The van der Waals surface area contributed by atoms with Gasteiger partial charge in [0.05, 0.1) is 35.4 Å². The molecule has 6 aromatic rings. The SMILES string of the molecule is CC(C)c1cccc2c(-c3ccc(CNS(C)(=O)=O)cc3)c(C(=O)O)[nH]c12.CC(C)c1cccc2c(-c3ccc(S(=O)(=O)N4CCOCC4)cc3)c(C(=O)O)[nH]c12. The number of para-hydroxylation sites is 2. The van der Waals surface area contributed by atoms with Crippen molar-refractivity contribution in [3.63, 3.8) is 0 Å². The van der Waals surface area contributed by atoms with Crippen LogP contribution in [0.3, 0.4) is 0 Å². The molecule has 300 valence electrons. The van der Waals surface area contributed by atoms with E-state index in [0.29, 0.717) is 43.0 Å². The minimum absolute atomic E-state index is 0.0990. The molecule has 13 nitrogen and oxygen atoms in total. The molecule has 0 spiro atoms. The van der Waals surface area contributed by atoms with Crippen LogP contribution in [0.2, 0.25) is 0 Å². The molecule has 1 saturated heterocycles. The molecule has 5 N–H and O–H groups in total. The lowest BCUT2D eigenvalue weighted by Gasteiger charge is -2.26. The molecule has 3 heterocycles. The van der Waals surface area contributed by atoms with Gasteiger partial charge in [-0.15, -0.1) is 0 Å². The molecule has 1 aliphatic heterocycles. The molecule has 15 heteroatoms. The third-order valence-electron chi connectivity index (χ3n) is 9.94. The first kappa shape index (κ1) is 41.3. The lowest BCUT2D eigenvalue weighted by molar-refractivity contribution is 0.0681. The van der Waals surface area contributed by atoms with Crippen LogP contribution < -0.4 is 4.72 Å².